The van der Waals surface area contributed by atoms with Crippen LogP contribution in [0.5, 0.6) is 0 Å². The topological polar surface area (TPSA) is 84.2 Å². The molecule has 7 heteroatoms. The number of carbonyl (C=O) groups excluding carboxylic acids is 1. The molecule has 2 N–H and O–H groups in total. The largest absolute Gasteiger partial charge is 0.480 e. The molecule has 2 aromatic rings. The van der Waals surface area contributed by atoms with E-state index in [-0.39, 0.29) is 23.8 Å². The van der Waals surface area contributed by atoms with Gasteiger partial charge in [0.1, 0.15) is 11.9 Å². The number of carboxylic acids is 1. The van der Waals surface area contributed by atoms with Crippen molar-refractivity contribution in [3.05, 3.63) is 53.6 Å². The number of amides is 1. The van der Waals surface area contributed by atoms with Crippen LogP contribution in [0.25, 0.3) is 0 Å². The lowest BCUT2D eigenvalue weighted by atomic mass is 10.2. The molecule has 0 saturated heterocycles. The summed E-state index contributed by atoms with van der Waals surface area (Å²) < 4.78 is 14.0. The fraction of sp³-hybridized carbons (Fsp3) is 0.214. The predicted octanol–water partition coefficient (Wildman–Crippen LogP) is 1.60. The molecule has 0 fully saturated rings. The van der Waals surface area contributed by atoms with Crippen molar-refractivity contribution in [2.75, 3.05) is 0 Å². The Balaban J connectivity index is 1.97. The first-order valence-electron chi connectivity index (χ1n) is 6.27. The van der Waals surface area contributed by atoms with Crippen LogP contribution in [0, 0.1) is 5.82 Å². The predicted molar refractivity (Wildman–Crippen MR) is 72.1 cm³/mol. The fourth-order valence-corrected chi connectivity index (χ4v) is 1.67. The number of hydrogen-bond donors (Lipinski definition) is 2. The van der Waals surface area contributed by atoms with E-state index in [1.165, 1.54) is 36.1 Å². The van der Waals surface area contributed by atoms with Gasteiger partial charge in [-0.1, -0.05) is 12.1 Å². The van der Waals surface area contributed by atoms with Gasteiger partial charge in [0.25, 0.3) is 5.91 Å². The fourth-order valence-electron chi connectivity index (χ4n) is 1.67. The molecule has 1 aromatic heterocycles. The molecule has 0 aliphatic heterocycles. The van der Waals surface area contributed by atoms with Gasteiger partial charge in [-0.05, 0) is 24.6 Å². The lowest BCUT2D eigenvalue weighted by molar-refractivity contribution is -0.140. The number of carboxylic acid groups (broad SMARTS) is 1. The van der Waals surface area contributed by atoms with Crippen molar-refractivity contribution in [3.8, 4) is 0 Å². The zero-order valence-corrected chi connectivity index (χ0v) is 11.3. The van der Waals surface area contributed by atoms with Crippen molar-refractivity contribution < 1.29 is 19.1 Å². The zero-order valence-electron chi connectivity index (χ0n) is 11.3. The van der Waals surface area contributed by atoms with Gasteiger partial charge in [-0.2, -0.15) is 5.10 Å². The first kappa shape index (κ1) is 14.7. The van der Waals surface area contributed by atoms with Crippen LogP contribution in [0.4, 0.5) is 4.39 Å². The molecule has 0 bridgehead atoms. The van der Waals surface area contributed by atoms with Gasteiger partial charge < -0.3 is 10.4 Å². The summed E-state index contributed by atoms with van der Waals surface area (Å²) in [6.45, 7) is 1.72. The minimum absolute atomic E-state index is 0.249. The van der Waals surface area contributed by atoms with Crippen molar-refractivity contribution in [2.45, 2.75) is 19.5 Å². The number of carbonyl (C=O) groups is 2. The quantitative estimate of drug-likeness (QED) is 0.876. The molecule has 110 valence electrons. The van der Waals surface area contributed by atoms with E-state index in [0.717, 1.165) is 5.56 Å². The molecule has 6 nitrogen and oxygen atoms in total. The normalized spacial score (nSPS) is 11.9. The Morgan fingerprint density at radius 1 is 1.38 bits per heavy atom. The second-order valence-electron chi connectivity index (χ2n) is 4.53. The molecule has 2 rings (SSSR count). The Labute approximate surface area is 120 Å². The van der Waals surface area contributed by atoms with Gasteiger partial charge >= 0.3 is 5.97 Å². The second-order valence-corrected chi connectivity index (χ2v) is 4.53. The number of aromatic nitrogens is 2. The van der Waals surface area contributed by atoms with E-state index in [9.17, 15) is 14.0 Å². The highest BCUT2D eigenvalue weighted by atomic mass is 19.1. The molecule has 0 aliphatic carbocycles. The van der Waals surface area contributed by atoms with Crippen molar-refractivity contribution in [2.24, 2.45) is 0 Å². The van der Waals surface area contributed by atoms with E-state index in [0.29, 0.717) is 0 Å². The average Bonchev–Trinajstić information content (AvgIpc) is 2.95. The highest BCUT2D eigenvalue weighted by Crippen LogP contribution is 2.07. The van der Waals surface area contributed by atoms with Gasteiger partial charge in [0.15, 0.2) is 0 Å². The molecular weight excluding hydrogens is 277 g/mol. The third-order valence-electron chi connectivity index (χ3n) is 2.98. The Kier molecular flexibility index (Phi) is 4.32. The van der Waals surface area contributed by atoms with E-state index in [4.69, 9.17) is 5.11 Å². The van der Waals surface area contributed by atoms with E-state index in [1.54, 1.807) is 12.1 Å². The number of halogens is 1. The summed E-state index contributed by atoms with van der Waals surface area (Å²) in [5.41, 5.74) is 1.03. The SMILES string of the molecule is CC(C(=O)O)n1cc(C(=O)NCc2ccc(F)cc2)cn1. The summed E-state index contributed by atoms with van der Waals surface area (Å²) in [5.74, 6) is -1.74. The number of benzene rings is 1. The van der Waals surface area contributed by atoms with Crippen LogP contribution in [0.3, 0.4) is 0 Å². The van der Waals surface area contributed by atoms with E-state index in [1.807, 2.05) is 0 Å². The summed E-state index contributed by atoms with van der Waals surface area (Å²) in [6, 6.07) is 4.93. The van der Waals surface area contributed by atoms with Crippen LogP contribution >= 0.6 is 0 Å². The summed E-state index contributed by atoms with van der Waals surface area (Å²) in [7, 11) is 0. The molecular formula is C14H14FN3O3. The van der Waals surface area contributed by atoms with Gasteiger partial charge in [0, 0.05) is 12.7 Å². The summed E-state index contributed by atoms with van der Waals surface area (Å²) in [5, 5.41) is 15.4. The lowest BCUT2D eigenvalue weighted by Crippen LogP contribution is -2.22. The molecule has 1 amide bonds. The minimum atomic E-state index is -1.03. The van der Waals surface area contributed by atoms with Crippen LogP contribution in [-0.4, -0.2) is 26.8 Å². The van der Waals surface area contributed by atoms with Gasteiger partial charge in [0.05, 0.1) is 11.8 Å². The smallest absolute Gasteiger partial charge is 0.328 e. The molecule has 1 unspecified atom stereocenters. The molecule has 0 saturated carbocycles. The third-order valence-corrected chi connectivity index (χ3v) is 2.98. The van der Waals surface area contributed by atoms with Crippen molar-refractivity contribution in [1.29, 1.82) is 0 Å². The molecule has 0 radical (unpaired) electrons. The Bertz CT molecular complexity index is 652. The van der Waals surface area contributed by atoms with Crippen LogP contribution < -0.4 is 5.32 Å². The van der Waals surface area contributed by atoms with E-state index in [2.05, 4.69) is 10.4 Å². The van der Waals surface area contributed by atoms with E-state index < -0.39 is 12.0 Å². The summed E-state index contributed by atoms with van der Waals surface area (Å²) in [4.78, 5) is 22.7. The van der Waals surface area contributed by atoms with Gasteiger partial charge in [-0.15, -0.1) is 0 Å². The van der Waals surface area contributed by atoms with Crippen molar-refractivity contribution in [1.82, 2.24) is 15.1 Å². The Hall–Kier alpha value is -2.70. The number of nitrogens with one attached hydrogen (secondary N) is 1. The lowest BCUT2D eigenvalue weighted by Gasteiger charge is -2.05. The maximum absolute atomic E-state index is 12.7. The van der Waals surface area contributed by atoms with Crippen LogP contribution in [0.15, 0.2) is 36.7 Å². The second kappa shape index (κ2) is 6.17. The standard InChI is InChI=1S/C14H14FN3O3/c1-9(14(20)21)18-8-11(7-17-18)13(19)16-6-10-2-4-12(15)5-3-10/h2-5,7-9H,6H2,1H3,(H,16,19)(H,20,21). The molecule has 0 aliphatic rings. The monoisotopic (exact) mass is 291 g/mol. The summed E-state index contributed by atoms with van der Waals surface area (Å²) in [6.07, 6.45) is 2.68. The molecule has 21 heavy (non-hydrogen) atoms. The molecule has 1 atom stereocenters. The van der Waals surface area contributed by atoms with Crippen molar-refractivity contribution >= 4 is 11.9 Å². The maximum atomic E-state index is 12.7. The Morgan fingerprint density at radius 2 is 2.05 bits per heavy atom. The first-order valence-corrected chi connectivity index (χ1v) is 6.27. The average molecular weight is 291 g/mol. The highest BCUT2D eigenvalue weighted by molar-refractivity contribution is 5.93. The molecule has 1 aromatic carbocycles. The highest BCUT2D eigenvalue weighted by Gasteiger charge is 2.16. The van der Waals surface area contributed by atoms with Gasteiger partial charge in [0.2, 0.25) is 0 Å². The van der Waals surface area contributed by atoms with Crippen molar-refractivity contribution in [3.63, 3.8) is 0 Å². The van der Waals surface area contributed by atoms with E-state index >= 15 is 0 Å². The maximum Gasteiger partial charge on any atom is 0.328 e. The number of rotatable bonds is 5. The Morgan fingerprint density at radius 3 is 2.67 bits per heavy atom. The minimum Gasteiger partial charge on any atom is -0.480 e. The first-order chi connectivity index (χ1) is 9.97. The molecule has 1 heterocycles. The van der Waals surface area contributed by atoms with Gasteiger partial charge in [-0.25, -0.2) is 9.18 Å². The van der Waals surface area contributed by atoms with Crippen LogP contribution in [-0.2, 0) is 11.3 Å². The van der Waals surface area contributed by atoms with Crippen LogP contribution in [0.2, 0.25) is 0 Å². The number of nitrogens with zero attached hydrogens (tertiary/aromatic N) is 2. The van der Waals surface area contributed by atoms with Gasteiger partial charge in [-0.3, -0.25) is 9.48 Å². The zero-order chi connectivity index (χ0) is 15.4. The third kappa shape index (κ3) is 3.65. The summed E-state index contributed by atoms with van der Waals surface area (Å²) >= 11 is 0. The molecule has 0 spiro atoms. The number of hydrogen-bond acceptors (Lipinski definition) is 3. The van der Waals surface area contributed by atoms with Crippen LogP contribution in [0.1, 0.15) is 28.9 Å². The number of aliphatic carboxylic acids is 1.